The Balaban J connectivity index is 1.74. The molecule has 40 heavy (non-hydrogen) atoms. The summed E-state index contributed by atoms with van der Waals surface area (Å²) in [5.74, 6) is 0. The van der Waals surface area contributed by atoms with E-state index >= 15 is 0 Å². The molecule has 0 radical (unpaired) electrons. The lowest BCUT2D eigenvalue weighted by Gasteiger charge is -2.27. The van der Waals surface area contributed by atoms with Gasteiger partial charge in [-0.25, -0.2) is 4.79 Å². The Bertz CT molecular complexity index is 1180. The maximum absolute atomic E-state index is 12.6. The summed E-state index contributed by atoms with van der Waals surface area (Å²) in [6.45, 7) is 9.08. The largest absolute Gasteiger partial charge is 0.444 e. The molecule has 224 valence electrons. The fraction of sp³-hybridized carbons (Fsp3) is 0.519. The number of hydrogen-bond donors (Lipinski definition) is 0. The van der Waals surface area contributed by atoms with E-state index in [1.165, 1.54) is 29.2 Å². The average molecular weight is 602 g/mol. The number of carbonyl (C=O) groups excluding carboxylic acids is 1. The first-order chi connectivity index (χ1) is 18.7. The van der Waals surface area contributed by atoms with Gasteiger partial charge in [0.25, 0.3) is 20.2 Å². The lowest BCUT2D eigenvalue weighted by Crippen LogP contribution is -2.40. The maximum atomic E-state index is 12.6. The first kappa shape index (κ1) is 33.7. The minimum atomic E-state index is -3.89. The molecule has 0 aliphatic heterocycles. The summed E-state index contributed by atoms with van der Waals surface area (Å²) < 4.78 is 75.3. The van der Waals surface area contributed by atoms with Gasteiger partial charge >= 0.3 is 6.09 Å². The molecular formula is C27H39NO10S2. The first-order valence-electron chi connectivity index (χ1n) is 12.8. The maximum Gasteiger partial charge on any atom is 0.410 e. The molecule has 0 aliphatic rings. The molecule has 0 aliphatic carbocycles. The van der Waals surface area contributed by atoms with E-state index in [1.54, 1.807) is 45.0 Å². The lowest BCUT2D eigenvalue weighted by molar-refractivity contribution is 0.00722. The predicted octanol–water partition coefficient (Wildman–Crippen LogP) is 3.68. The number of hydrogen-bond acceptors (Lipinski definition) is 10. The zero-order chi connectivity index (χ0) is 29.8. The fourth-order valence-corrected chi connectivity index (χ4v) is 4.91. The van der Waals surface area contributed by atoms with Crippen molar-refractivity contribution in [3.05, 3.63) is 59.7 Å². The Morgan fingerprint density at radius 1 is 0.650 bits per heavy atom. The van der Waals surface area contributed by atoms with Crippen molar-refractivity contribution in [1.29, 1.82) is 0 Å². The van der Waals surface area contributed by atoms with Crippen molar-refractivity contribution < 1.29 is 44.2 Å². The highest BCUT2D eigenvalue weighted by atomic mass is 32.2. The normalized spacial score (nSPS) is 12.3. The Morgan fingerprint density at radius 2 is 1.02 bits per heavy atom. The van der Waals surface area contributed by atoms with E-state index < -0.39 is 31.9 Å². The van der Waals surface area contributed by atoms with Crippen molar-refractivity contribution in [2.75, 3.05) is 52.7 Å². The third-order valence-corrected chi connectivity index (χ3v) is 7.87. The van der Waals surface area contributed by atoms with E-state index in [0.717, 1.165) is 11.1 Å². The van der Waals surface area contributed by atoms with Crippen LogP contribution in [0.15, 0.2) is 58.3 Å². The third-order valence-electron chi connectivity index (χ3n) is 5.21. The molecule has 0 unspecified atom stereocenters. The molecule has 0 saturated carbocycles. The van der Waals surface area contributed by atoms with Crippen molar-refractivity contribution in [3.8, 4) is 0 Å². The Morgan fingerprint density at radius 3 is 1.38 bits per heavy atom. The number of ether oxygens (including phenoxy) is 3. The number of rotatable bonds is 16. The first-order valence-corrected chi connectivity index (χ1v) is 15.6. The molecule has 0 saturated heterocycles. The molecule has 0 fully saturated rings. The third kappa shape index (κ3) is 12.3. The van der Waals surface area contributed by atoms with Crippen molar-refractivity contribution >= 4 is 26.3 Å². The quantitative estimate of drug-likeness (QED) is 0.207. The summed E-state index contributed by atoms with van der Waals surface area (Å²) in [6.07, 6.45) is -0.573. The van der Waals surface area contributed by atoms with Crippen LogP contribution in [-0.2, 0) is 42.8 Å². The van der Waals surface area contributed by atoms with Crippen LogP contribution in [0.4, 0.5) is 4.79 Å². The molecule has 0 atom stereocenters. The van der Waals surface area contributed by atoms with Crippen LogP contribution < -0.4 is 0 Å². The Kier molecular flexibility index (Phi) is 13.0. The van der Waals surface area contributed by atoms with E-state index in [9.17, 15) is 21.6 Å². The molecule has 0 heterocycles. The summed E-state index contributed by atoms with van der Waals surface area (Å²) in [7, 11) is -7.78. The predicted molar refractivity (Wildman–Crippen MR) is 148 cm³/mol. The molecule has 1 amide bonds. The van der Waals surface area contributed by atoms with Crippen molar-refractivity contribution in [2.24, 2.45) is 0 Å². The van der Waals surface area contributed by atoms with Gasteiger partial charge in [-0.05, 0) is 58.9 Å². The molecule has 0 spiro atoms. The zero-order valence-corrected chi connectivity index (χ0v) is 25.3. The fourth-order valence-electron chi connectivity index (χ4n) is 3.13. The van der Waals surface area contributed by atoms with Crippen LogP contribution in [0.2, 0.25) is 0 Å². The Labute approximate surface area is 237 Å². The van der Waals surface area contributed by atoms with Crippen LogP contribution in [0.25, 0.3) is 0 Å². The number of amides is 1. The molecule has 2 aromatic carbocycles. The molecule has 2 aromatic rings. The zero-order valence-electron chi connectivity index (χ0n) is 23.6. The number of aryl methyl sites for hydroxylation is 2. The van der Waals surface area contributed by atoms with Gasteiger partial charge in [0.15, 0.2) is 0 Å². The average Bonchev–Trinajstić information content (AvgIpc) is 2.86. The molecule has 11 nitrogen and oxygen atoms in total. The van der Waals surface area contributed by atoms with Gasteiger partial charge in [-0.1, -0.05) is 35.4 Å². The second kappa shape index (κ2) is 15.5. The van der Waals surface area contributed by atoms with Gasteiger partial charge in [0.05, 0.1) is 49.4 Å². The van der Waals surface area contributed by atoms with Gasteiger partial charge in [-0.2, -0.15) is 16.8 Å². The van der Waals surface area contributed by atoms with Crippen molar-refractivity contribution in [2.45, 2.75) is 50.0 Å². The highest BCUT2D eigenvalue weighted by Crippen LogP contribution is 2.14. The smallest absolute Gasteiger partial charge is 0.410 e. The van der Waals surface area contributed by atoms with E-state index in [0.29, 0.717) is 0 Å². The van der Waals surface area contributed by atoms with Gasteiger partial charge in [0.2, 0.25) is 0 Å². The van der Waals surface area contributed by atoms with Gasteiger partial charge in [-0.3, -0.25) is 8.37 Å². The standard InChI is InChI=1S/C27H39NO10S2/c1-22-6-10-24(11-7-22)39(30,31)36-20-18-34-16-14-28(26(29)38-27(3,4)5)15-17-35-19-21-37-40(32,33)25-12-8-23(2)9-13-25/h6-13H,14-21H2,1-5H3. The van der Waals surface area contributed by atoms with E-state index in [2.05, 4.69) is 0 Å². The van der Waals surface area contributed by atoms with Crippen LogP contribution in [0, 0.1) is 13.8 Å². The van der Waals surface area contributed by atoms with Crippen LogP contribution in [-0.4, -0.2) is 86.2 Å². The molecule has 13 heteroatoms. The van der Waals surface area contributed by atoms with E-state index in [4.69, 9.17) is 22.6 Å². The van der Waals surface area contributed by atoms with Crippen molar-refractivity contribution in [3.63, 3.8) is 0 Å². The number of nitrogens with zero attached hydrogens (tertiary/aromatic N) is 1. The summed E-state index contributed by atoms with van der Waals surface area (Å²) in [6, 6.07) is 12.6. The number of benzene rings is 2. The van der Waals surface area contributed by atoms with Gasteiger partial charge in [0, 0.05) is 13.1 Å². The molecule has 0 aromatic heterocycles. The summed E-state index contributed by atoms with van der Waals surface area (Å²) >= 11 is 0. The summed E-state index contributed by atoms with van der Waals surface area (Å²) in [5.41, 5.74) is 1.15. The van der Waals surface area contributed by atoms with E-state index in [-0.39, 0.29) is 62.5 Å². The van der Waals surface area contributed by atoms with Crippen LogP contribution in [0.3, 0.4) is 0 Å². The van der Waals surface area contributed by atoms with Gasteiger partial charge in [0.1, 0.15) is 5.60 Å². The second-order valence-electron chi connectivity index (χ2n) is 9.87. The second-order valence-corrected chi connectivity index (χ2v) is 13.1. The SMILES string of the molecule is Cc1ccc(S(=O)(=O)OCCOCCN(CCOCCOS(=O)(=O)c2ccc(C)cc2)C(=O)OC(C)(C)C)cc1. The summed E-state index contributed by atoms with van der Waals surface area (Å²) in [4.78, 5) is 14.1. The highest BCUT2D eigenvalue weighted by molar-refractivity contribution is 7.87. The van der Waals surface area contributed by atoms with Gasteiger partial charge < -0.3 is 19.1 Å². The Hall–Kier alpha value is -2.55. The summed E-state index contributed by atoms with van der Waals surface area (Å²) in [5, 5.41) is 0. The highest BCUT2D eigenvalue weighted by Gasteiger charge is 2.22. The van der Waals surface area contributed by atoms with Crippen LogP contribution in [0.1, 0.15) is 31.9 Å². The molecule has 2 rings (SSSR count). The topological polar surface area (TPSA) is 135 Å². The molecular weight excluding hydrogens is 562 g/mol. The molecule has 0 bridgehead atoms. The van der Waals surface area contributed by atoms with E-state index in [1.807, 2.05) is 13.8 Å². The monoisotopic (exact) mass is 601 g/mol. The van der Waals surface area contributed by atoms with Crippen LogP contribution >= 0.6 is 0 Å². The minimum Gasteiger partial charge on any atom is -0.444 e. The minimum absolute atomic E-state index is 0.00343. The van der Waals surface area contributed by atoms with Crippen LogP contribution in [0.5, 0.6) is 0 Å². The van der Waals surface area contributed by atoms with Gasteiger partial charge in [-0.15, -0.1) is 0 Å². The number of carbonyl (C=O) groups is 1. The lowest BCUT2D eigenvalue weighted by atomic mass is 10.2. The molecule has 0 N–H and O–H groups in total. The van der Waals surface area contributed by atoms with Crippen molar-refractivity contribution in [1.82, 2.24) is 4.90 Å².